The zero-order valence-electron chi connectivity index (χ0n) is 12.4. The van der Waals surface area contributed by atoms with Gasteiger partial charge in [0.1, 0.15) is 0 Å². The molecule has 2 rings (SSSR count). The van der Waals surface area contributed by atoms with Crippen LogP contribution in [0.4, 0.5) is 0 Å². The summed E-state index contributed by atoms with van der Waals surface area (Å²) in [6.45, 7) is 5.11. The Kier molecular flexibility index (Phi) is 5.26. The van der Waals surface area contributed by atoms with Crippen LogP contribution in [0.25, 0.3) is 0 Å². The summed E-state index contributed by atoms with van der Waals surface area (Å²) < 4.78 is 22.9. The molecule has 116 valence electrons. The fourth-order valence-corrected chi connectivity index (χ4v) is 4.33. The van der Waals surface area contributed by atoms with Gasteiger partial charge in [0.2, 0.25) is 0 Å². The maximum Gasteiger partial charge on any atom is 0.191 e. The van der Waals surface area contributed by atoms with Crippen molar-refractivity contribution in [3.05, 3.63) is 0 Å². The molecule has 1 heterocycles. The molecular weight excluding hydrogens is 276 g/mol. The van der Waals surface area contributed by atoms with Gasteiger partial charge in [0.25, 0.3) is 0 Å². The highest BCUT2D eigenvalue weighted by atomic mass is 32.2. The molecule has 0 amide bonds. The number of rotatable bonds is 6. The maximum atomic E-state index is 11.4. The average Bonchev–Trinajstić information content (AvgIpc) is 3.18. The second-order valence-electron chi connectivity index (χ2n) is 5.60. The van der Waals surface area contributed by atoms with Crippen LogP contribution >= 0.6 is 0 Å². The third kappa shape index (κ3) is 4.63. The minimum absolute atomic E-state index is 0.00286. The Labute approximate surface area is 121 Å². The van der Waals surface area contributed by atoms with Gasteiger partial charge >= 0.3 is 0 Å². The average molecular weight is 302 g/mol. The Morgan fingerprint density at radius 1 is 1.35 bits per heavy atom. The topological polar surface area (TPSA) is 73.8 Å². The number of guanidine groups is 1. The highest BCUT2D eigenvalue weighted by molar-refractivity contribution is 7.91. The molecule has 1 aliphatic heterocycles. The van der Waals surface area contributed by atoms with Crippen molar-refractivity contribution in [3.8, 4) is 0 Å². The van der Waals surface area contributed by atoms with Crippen LogP contribution in [0.2, 0.25) is 0 Å². The monoisotopic (exact) mass is 302 g/mol. The van der Waals surface area contributed by atoms with Crippen molar-refractivity contribution >= 4 is 15.8 Å². The molecule has 6 nitrogen and oxygen atoms in total. The minimum Gasteiger partial charge on any atom is -0.355 e. The summed E-state index contributed by atoms with van der Waals surface area (Å²) in [5, 5.41) is 6.47. The first-order valence-electron chi connectivity index (χ1n) is 7.45. The summed E-state index contributed by atoms with van der Waals surface area (Å²) in [7, 11) is -1.12. The standard InChI is InChI=1S/C13H26N4O2S/c1-3-17(12-4-5-12)8-7-15-13(14-2)16-11-6-9-20(18,19)10-11/h11-12H,3-10H2,1-2H3,(H2,14,15,16). The van der Waals surface area contributed by atoms with Gasteiger partial charge in [0, 0.05) is 32.2 Å². The summed E-state index contributed by atoms with van der Waals surface area (Å²) in [4.78, 5) is 6.64. The van der Waals surface area contributed by atoms with E-state index < -0.39 is 9.84 Å². The van der Waals surface area contributed by atoms with Gasteiger partial charge in [0.05, 0.1) is 11.5 Å². The fraction of sp³-hybridized carbons (Fsp3) is 0.923. The van der Waals surface area contributed by atoms with Crippen molar-refractivity contribution in [3.63, 3.8) is 0 Å². The lowest BCUT2D eigenvalue weighted by molar-refractivity contribution is 0.282. The molecule has 2 fully saturated rings. The molecule has 0 radical (unpaired) electrons. The van der Waals surface area contributed by atoms with Gasteiger partial charge in [-0.05, 0) is 25.8 Å². The molecule has 7 heteroatoms. The van der Waals surface area contributed by atoms with Crippen LogP contribution in [0.1, 0.15) is 26.2 Å². The lowest BCUT2D eigenvalue weighted by atomic mass is 10.3. The van der Waals surface area contributed by atoms with Crippen molar-refractivity contribution in [2.24, 2.45) is 4.99 Å². The Hall–Kier alpha value is -0.820. The fourth-order valence-electron chi connectivity index (χ4n) is 2.65. The number of aliphatic imine (C=N–C) groups is 1. The molecule has 0 spiro atoms. The molecule has 1 saturated heterocycles. The van der Waals surface area contributed by atoms with Crippen molar-refractivity contribution in [1.29, 1.82) is 0 Å². The number of sulfone groups is 1. The Morgan fingerprint density at radius 3 is 2.60 bits per heavy atom. The van der Waals surface area contributed by atoms with E-state index in [2.05, 4.69) is 27.4 Å². The summed E-state index contributed by atoms with van der Waals surface area (Å²) in [5.41, 5.74) is 0. The van der Waals surface area contributed by atoms with E-state index in [0.29, 0.717) is 12.4 Å². The third-order valence-corrected chi connectivity index (χ3v) is 5.73. The summed E-state index contributed by atoms with van der Waals surface area (Å²) in [6.07, 6.45) is 3.31. The zero-order valence-corrected chi connectivity index (χ0v) is 13.2. The second kappa shape index (κ2) is 6.76. The normalized spacial score (nSPS) is 25.9. The Morgan fingerprint density at radius 2 is 2.10 bits per heavy atom. The van der Waals surface area contributed by atoms with E-state index >= 15 is 0 Å². The molecule has 1 saturated carbocycles. The van der Waals surface area contributed by atoms with E-state index in [4.69, 9.17) is 0 Å². The van der Waals surface area contributed by atoms with Gasteiger partial charge < -0.3 is 10.6 Å². The first-order chi connectivity index (χ1) is 9.54. The van der Waals surface area contributed by atoms with E-state index in [-0.39, 0.29) is 17.5 Å². The summed E-state index contributed by atoms with van der Waals surface area (Å²) in [5.74, 6) is 1.21. The van der Waals surface area contributed by atoms with E-state index in [9.17, 15) is 8.42 Å². The Balaban J connectivity index is 1.70. The van der Waals surface area contributed by atoms with Gasteiger partial charge in [-0.25, -0.2) is 8.42 Å². The molecule has 0 bridgehead atoms. The highest BCUT2D eigenvalue weighted by Gasteiger charge is 2.29. The van der Waals surface area contributed by atoms with Crippen LogP contribution < -0.4 is 10.6 Å². The maximum absolute atomic E-state index is 11.4. The summed E-state index contributed by atoms with van der Waals surface area (Å²) in [6, 6.07) is 0.772. The predicted molar refractivity (Wildman–Crippen MR) is 81.8 cm³/mol. The smallest absolute Gasteiger partial charge is 0.191 e. The molecule has 0 aromatic carbocycles. The van der Waals surface area contributed by atoms with E-state index in [0.717, 1.165) is 25.7 Å². The number of nitrogens with one attached hydrogen (secondary N) is 2. The first-order valence-corrected chi connectivity index (χ1v) is 9.28. The lowest BCUT2D eigenvalue weighted by Crippen LogP contribution is -2.46. The van der Waals surface area contributed by atoms with Crippen LogP contribution in [-0.4, -0.2) is 69.5 Å². The molecule has 2 N–H and O–H groups in total. The van der Waals surface area contributed by atoms with Gasteiger partial charge in [-0.2, -0.15) is 0 Å². The van der Waals surface area contributed by atoms with E-state index in [1.54, 1.807) is 7.05 Å². The molecule has 1 unspecified atom stereocenters. The molecule has 1 aliphatic carbocycles. The summed E-state index contributed by atoms with van der Waals surface area (Å²) >= 11 is 0. The van der Waals surface area contributed by atoms with Crippen LogP contribution in [0, 0.1) is 0 Å². The van der Waals surface area contributed by atoms with Crippen molar-refractivity contribution in [2.45, 2.75) is 38.3 Å². The largest absolute Gasteiger partial charge is 0.355 e. The molecule has 20 heavy (non-hydrogen) atoms. The van der Waals surface area contributed by atoms with Crippen LogP contribution in [0.3, 0.4) is 0 Å². The first kappa shape index (κ1) is 15.6. The van der Waals surface area contributed by atoms with Crippen molar-refractivity contribution in [1.82, 2.24) is 15.5 Å². The predicted octanol–water partition coefficient (Wildman–Crippen LogP) is -0.177. The number of nitrogens with zero attached hydrogens (tertiary/aromatic N) is 2. The van der Waals surface area contributed by atoms with Crippen LogP contribution in [-0.2, 0) is 9.84 Å². The van der Waals surface area contributed by atoms with Gasteiger partial charge in [-0.15, -0.1) is 0 Å². The lowest BCUT2D eigenvalue weighted by Gasteiger charge is -2.21. The van der Waals surface area contributed by atoms with Crippen molar-refractivity contribution < 1.29 is 8.42 Å². The third-order valence-electron chi connectivity index (χ3n) is 3.96. The van der Waals surface area contributed by atoms with Gasteiger partial charge in [0.15, 0.2) is 15.8 Å². The van der Waals surface area contributed by atoms with Gasteiger partial charge in [-0.1, -0.05) is 6.92 Å². The minimum atomic E-state index is -2.84. The number of likely N-dealkylation sites (N-methyl/N-ethyl adjacent to an activating group) is 1. The van der Waals surface area contributed by atoms with Gasteiger partial charge in [-0.3, -0.25) is 9.89 Å². The molecular formula is C13H26N4O2S. The van der Waals surface area contributed by atoms with E-state index in [1.807, 2.05) is 0 Å². The van der Waals surface area contributed by atoms with Crippen LogP contribution in [0.15, 0.2) is 4.99 Å². The second-order valence-corrected chi connectivity index (χ2v) is 7.83. The van der Waals surface area contributed by atoms with Crippen LogP contribution in [0.5, 0.6) is 0 Å². The SMILES string of the molecule is CCN(CCNC(=NC)NC1CCS(=O)(=O)C1)C1CC1. The zero-order chi connectivity index (χ0) is 14.6. The van der Waals surface area contributed by atoms with Crippen molar-refractivity contribution in [2.75, 3.05) is 38.2 Å². The quantitative estimate of drug-likeness (QED) is 0.526. The number of hydrogen-bond donors (Lipinski definition) is 2. The molecule has 1 atom stereocenters. The van der Waals surface area contributed by atoms with E-state index in [1.165, 1.54) is 12.8 Å². The highest BCUT2D eigenvalue weighted by Crippen LogP contribution is 2.25. The molecule has 0 aromatic rings. The molecule has 2 aliphatic rings. The molecule has 0 aromatic heterocycles. The number of hydrogen-bond acceptors (Lipinski definition) is 4. The Bertz CT molecular complexity index is 445.